The maximum Gasteiger partial charge on any atom is 0.256 e. The molecule has 2 amide bonds. The number of primary amides is 1. The largest absolute Gasteiger partial charge is 0.505 e. The molecule has 1 aromatic carbocycles. The second kappa shape index (κ2) is 4.93. The van der Waals surface area contributed by atoms with E-state index in [2.05, 4.69) is 0 Å². The van der Waals surface area contributed by atoms with E-state index in [1.54, 1.807) is 0 Å². The predicted molar refractivity (Wildman–Crippen MR) is 72.9 cm³/mol. The van der Waals surface area contributed by atoms with Gasteiger partial charge in [0.1, 0.15) is 0 Å². The Balaban J connectivity index is 1.89. The zero-order valence-corrected chi connectivity index (χ0v) is 11.8. The number of aromatic hydroxyl groups is 1. The maximum atomic E-state index is 13.8. The molecule has 2 atom stereocenters. The van der Waals surface area contributed by atoms with Crippen LogP contribution in [0.15, 0.2) is 12.1 Å². The average Bonchev–Trinajstić information content (AvgIpc) is 3.02. The van der Waals surface area contributed by atoms with Crippen LogP contribution in [0.5, 0.6) is 5.75 Å². The second-order valence-corrected chi connectivity index (χ2v) is 6.06. The molecule has 5 nitrogen and oxygen atoms in total. The fourth-order valence-electron chi connectivity index (χ4n) is 3.72. The standard InChI is InChI=1S/C15H16F2N2O3/c16-11-9(3-4-10(20)12(11)17)13(21)19-6-8-2-1-5-15(8,7-19)14(18)22/h3-4,8,20H,1-2,5-7H2,(H2,18,22)/t8-,15-/m0/s1. The van der Waals surface area contributed by atoms with Crippen LogP contribution in [0.4, 0.5) is 8.78 Å². The summed E-state index contributed by atoms with van der Waals surface area (Å²) in [5.74, 6) is -4.83. The molecule has 1 saturated carbocycles. The van der Waals surface area contributed by atoms with Gasteiger partial charge in [-0.05, 0) is 30.9 Å². The van der Waals surface area contributed by atoms with Crippen molar-refractivity contribution in [2.24, 2.45) is 17.1 Å². The van der Waals surface area contributed by atoms with Crippen molar-refractivity contribution in [3.8, 4) is 5.75 Å². The summed E-state index contributed by atoms with van der Waals surface area (Å²) >= 11 is 0. The number of nitrogens with zero attached hydrogens (tertiary/aromatic N) is 1. The monoisotopic (exact) mass is 310 g/mol. The summed E-state index contributed by atoms with van der Waals surface area (Å²) in [6.45, 7) is 0.442. The topological polar surface area (TPSA) is 83.6 Å². The molecule has 0 radical (unpaired) electrons. The summed E-state index contributed by atoms with van der Waals surface area (Å²) in [7, 11) is 0. The fraction of sp³-hybridized carbons (Fsp3) is 0.467. The average molecular weight is 310 g/mol. The van der Waals surface area contributed by atoms with E-state index in [4.69, 9.17) is 10.8 Å². The van der Waals surface area contributed by atoms with E-state index in [-0.39, 0.29) is 12.5 Å². The van der Waals surface area contributed by atoms with Crippen molar-refractivity contribution in [3.63, 3.8) is 0 Å². The van der Waals surface area contributed by atoms with Crippen LogP contribution in [0.1, 0.15) is 29.6 Å². The number of phenols is 1. The summed E-state index contributed by atoms with van der Waals surface area (Å²) in [4.78, 5) is 25.6. The molecule has 1 aliphatic carbocycles. The van der Waals surface area contributed by atoms with Crippen LogP contribution >= 0.6 is 0 Å². The maximum absolute atomic E-state index is 13.8. The number of nitrogens with two attached hydrogens (primary N) is 1. The Kier molecular flexibility index (Phi) is 3.30. The third-order valence-corrected chi connectivity index (χ3v) is 4.94. The SMILES string of the molecule is NC(=O)[C@]12CCC[C@H]1CN(C(=O)c1ccc(O)c(F)c1F)C2. The Morgan fingerprint density at radius 1 is 1.32 bits per heavy atom. The van der Waals surface area contributed by atoms with Crippen LogP contribution in [0.25, 0.3) is 0 Å². The lowest BCUT2D eigenvalue weighted by molar-refractivity contribution is -0.128. The Bertz CT molecular complexity index is 664. The number of benzene rings is 1. The minimum Gasteiger partial charge on any atom is -0.505 e. The smallest absolute Gasteiger partial charge is 0.256 e. The summed E-state index contributed by atoms with van der Waals surface area (Å²) in [6.07, 6.45) is 2.28. The van der Waals surface area contributed by atoms with Crippen molar-refractivity contribution >= 4 is 11.8 Å². The van der Waals surface area contributed by atoms with Gasteiger partial charge in [0.2, 0.25) is 11.7 Å². The number of phenolic OH excluding ortho intramolecular Hbond substituents is 1. The molecule has 3 rings (SSSR count). The van der Waals surface area contributed by atoms with Crippen LogP contribution in [0.2, 0.25) is 0 Å². The van der Waals surface area contributed by atoms with Gasteiger partial charge in [-0.15, -0.1) is 0 Å². The highest BCUT2D eigenvalue weighted by atomic mass is 19.2. The molecule has 0 spiro atoms. The number of likely N-dealkylation sites (tertiary alicyclic amines) is 1. The summed E-state index contributed by atoms with van der Waals surface area (Å²) in [6, 6.07) is 1.98. The molecule has 2 aliphatic rings. The van der Waals surface area contributed by atoms with E-state index in [9.17, 15) is 18.4 Å². The van der Waals surface area contributed by atoms with Crippen molar-refractivity contribution in [1.29, 1.82) is 0 Å². The van der Waals surface area contributed by atoms with Gasteiger partial charge in [-0.2, -0.15) is 4.39 Å². The predicted octanol–water partition coefficient (Wildman–Crippen LogP) is 1.40. The molecule has 22 heavy (non-hydrogen) atoms. The van der Waals surface area contributed by atoms with E-state index in [1.165, 1.54) is 4.90 Å². The number of halogens is 2. The Morgan fingerprint density at radius 2 is 2.05 bits per heavy atom. The quantitative estimate of drug-likeness (QED) is 0.866. The Hall–Kier alpha value is -2.18. The van der Waals surface area contributed by atoms with Gasteiger partial charge < -0.3 is 15.7 Å². The molecule has 7 heteroatoms. The third kappa shape index (κ3) is 1.95. The number of rotatable bonds is 2. The summed E-state index contributed by atoms with van der Waals surface area (Å²) in [5.41, 5.74) is 4.31. The first-order chi connectivity index (χ1) is 10.4. The first-order valence-electron chi connectivity index (χ1n) is 7.13. The van der Waals surface area contributed by atoms with Crippen molar-refractivity contribution in [3.05, 3.63) is 29.3 Å². The van der Waals surface area contributed by atoms with E-state index in [1.807, 2.05) is 0 Å². The second-order valence-electron chi connectivity index (χ2n) is 6.06. The zero-order chi connectivity index (χ0) is 16.1. The first kappa shape index (κ1) is 14.7. The minimum absolute atomic E-state index is 0.0287. The molecular weight excluding hydrogens is 294 g/mol. The van der Waals surface area contributed by atoms with Crippen molar-refractivity contribution in [2.45, 2.75) is 19.3 Å². The summed E-state index contributed by atoms with van der Waals surface area (Å²) < 4.78 is 27.2. The summed E-state index contributed by atoms with van der Waals surface area (Å²) in [5, 5.41) is 9.12. The lowest BCUT2D eigenvalue weighted by Crippen LogP contribution is -2.41. The van der Waals surface area contributed by atoms with Gasteiger partial charge in [-0.3, -0.25) is 9.59 Å². The lowest BCUT2D eigenvalue weighted by atomic mass is 9.80. The van der Waals surface area contributed by atoms with Crippen molar-refractivity contribution < 1.29 is 23.5 Å². The van der Waals surface area contributed by atoms with E-state index < -0.39 is 40.2 Å². The normalized spacial score (nSPS) is 27.0. The van der Waals surface area contributed by atoms with Crippen molar-refractivity contribution in [1.82, 2.24) is 4.90 Å². The van der Waals surface area contributed by atoms with Crippen LogP contribution in [0.3, 0.4) is 0 Å². The molecule has 0 bridgehead atoms. The number of hydrogen-bond donors (Lipinski definition) is 2. The highest BCUT2D eigenvalue weighted by molar-refractivity contribution is 5.96. The molecule has 0 aromatic heterocycles. The number of carbonyl (C=O) groups is 2. The molecule has 1 heterocycles. The highest BCUT2D eigenvalue weighted by Gasteiger charge is 2.54. The number of amides is 2. The number of carbonyl (C=O) groups excluding carboxylic acids is 2. The molecular formula is C15H16F2N2O3. The number of fused-ring (bicyclic) bond motifs is 1. The molecule has 1 saturated heterocycles. The molecule has 1 aromatic rings. The lowest BCUT2D eigenvalue weighted by Gasteiger charge is -2.24. The van der Waals surface area contributed by atoms with E-state index in [0.29, 0.717) is 13.0 Å². The highest BCUT2D eigenvalue weighted by Crippen LogP contribution is 2.48. The van der Waals surface area contributed by atoms with Gasteiger partial charge in [0.05, 0.1) is 11.0 Å². The molecule has 1 aliphatic heterocycles. The number of hydrogen-bond acceptors (Lipinski definition) is 3. The van der Waals surface area contributed by atoms with E-state index >= 15 is 0 Å². The molecule has 2 fully saturated rings. The van der Waals surface area contributed by atoms with Gasteiger partial charge in [-0.1, -0.05) is 6.42 Å². The van der Waals surface area contributed by atoms with Gasteiger partial charge >= 0.3 is 0 Å². The molecule has 118 valence electrons. The van der Waals surface area contributed by atoms with Gasteiger partial charge in [0.15, 0.2) is 11.6 Å². The third-order valence-electron chi connectivity index (χ3n) is 4.94. The van der Waals surface area contributed by atoms with Crippen molar-refractivity contribution in [2.75, 3.05) is 13.1 Å². The van der Waals surface area contributed by atoms with Gasteiger partial charge in [0, 0.05) is 13.1 Å². The fourth-order valence-corrected chi connectivity index (χ4v) is 3.72. The molecule has 3 N–H and O–H groups in total. The van der Waals surface area contributed by atoms with Crippen LogP contribution in [-0.2, 0) is 4.79 Å². The van der Waals surface area contributed by atoms with Gasteiger partial charge in [-0.25, -0.2) is 4.39 Å². The Morgan fingerprint density at radius 3 is 2.68 bits per heavy atom. The molecule has 0 unspecified atom stereocenters. The minimum atomic E-state index is -1.45. The van der Waals surface area contributed by atoms with Gasteiger partial charge in [0.25, 0.3) is 5.91 Å². The zero-order valence-electron chi connectivity index (χ0n) is 11.8. The van der Waals surface area contributed by atoms with Crippen LogP contribution in [0, 0.1) is 23.0 Å². The Labute approximate surface area is 125 Å². The van der Waals surface area contributed by atoms with Crippen LogP contribution in [-0.4, -0.2) is 34.9 Å². The van der Waals surface area contributed by atoms with E-state index in [0.717, 1.165) is 25.0 Å². The first-order valence-corrected chi connectivity index (χ1v) is 7.13. The van der Waals surface area contributed by atoms with Crippen LogP contribution < -0.4 is 5.73 Å².